The van der Waals surface area contributed by atoms with E-state index in [1.54, 1.807) is 48.5 Å². The van der Waals surface area contributed by atoms with E-state index >= 15 is 105 Å². The van der Waals surface area contributed by atoms with Gasteiger partial charge in [-0.25, -0.2) is 132 Å². The number of benzene rings is 14. The van der Waals surface area contributed by atoms with Crippen LogP contribution in [0.4, 0.5) is 132 Å². The summed E-state index contributed by atoms with van der Waals surface area (Å²) in [4.78, 5) is 0. The van der Waals surface area contributed by atoms with Gasteiger partial charge in [-0.2, -0.15) is 0 Å². The van der Waals surface area contributed by atoms with E-state index in [1.807, 2.05) is 0 Å². The number of fused-ring (bicyclic) bond motifs is 14. The predicted molar refractivity (Wildman–Crippen MR) is 396 cm³/mol. The first kappa shape index (κ1) is 85.2. The van der Waals surface area contributed by atoms with Gasteiger partial charge in [0.1, 0.15) is 80.1 Å². The summed E-state index contributed by atoms with van der Waals surface area (Å²) >= 11 is 0. The van der Waals surface area contributed by atoms with E-state index in [1.165, 1.54) is 72.8 Å². The first-order valence-corrected chi connectivity index (χ1v) is 38.8. The normalized spacial score (nSPS) is 13.8. The Morgan fingerprint density at radius 3 is 0.451 bits per heavy atom. The monoisotopic (exact) mass is 1770 g/mol. The van der Waals surface area contributed by atoms with E-state index in [4.69, 9.17) is 18.1 Å². The quantitative estimate of drug-likeness (QED) is 0.0499. The van der Waals surface area contributed by atoms with Crippen molar-refractivity contribution < 1.29 is 150 Å². The van der Waals surface area contributed by atoms with Gasteiger partial charge in [-0.3, -0.25) is 0 Å². The van der Waals surface area contributed by atoms with Gasteiger partial charge >= 0.3 is 11.7 Å². The molecular formula is C84H42B2F30O4P2. The predicted octanol–water partition coefficient (Wildman–Crippen LogP) is 23.7. The van der Waals surface area contributed by atoms with Crippen LogP contribution < -0.4 is 50.9 Å². The van der Waals surface area contributed by atoms with Crippen molar-refractivity contribution in [1.82, 2.24) is 0 Å². The van der Waals surface area contributed by atoms with E-state index in [0.29, 0.717) is 21.5 Å². The zero-order chi connectivity index (χ0) is 88.8. The molecule has 2 aliphatic heterocycles. The van der Waals surface area contributed by atoms with Crippen LogP contribution in [-0.2, 0) is 0 Å². The first-order valence-electron chi connectivity index (χ1n) is 35.4. The number of halogens is 30. The lowest BCUT2D eigenvalue weighted by molar-refractivity contribution is 0.379. The lowest BCUT2D eigenvalue weighted by atomic mass is 9.33. The molecule has 0 atom stereocenters. The highest BCUT2D eigenvalue weighted by atomic mass is 31.2. The first-order chi connectivity index (χ1) is 57.3. The van der Waals surface area contributed by atoms with Gasteiger partial charge in [-0.1, -0.05) is 154 Å². The lowest BCUT2D eigenvalue weighted by Crippen LogP contribution is -2.77. The molecule has 14 aromatic rings. The van der Waals surface area contributed by atoms with Crippen LogP contribution in [0.2, 0.25) is 0 Å². The van der Waals surface area contributed by atoms with Crippen LogP contribution in [0.1, 0.15) is 41.5 Å². The van der Waals surface area contributed by atoms with E-state index < -0.39 is 268 Å². The van der Waals surface area contributed by atoms with Crippen LogP contribution in [0, 0.1) is 175 Å². The molecular weight excluding hydrogens is 1730 g/mol. The van der Waals surface area contributed by atoms with Crippen LogP contribution >= 0.6 is 15.2 Å². The van der Waals surface area contributed by atoms with Crippen molar-refractivity contribution in [2.24, 2.45) is 0 Å². The second kappa shape index (κ2) is 29.5. The summed E-state index contributed by atoms with van der Waals surface area (Å²) in [6, 6.07) is 34.2. The molecule has 0 radical (unpaired) electrons. The maximum Gasteiger partial charge on any atom is 0.346 e. The fourth-order valence-electron chi connectivity index (χ4n) is 16.8. The van der Waals surface area contributed by atoms with E-state index in [2.05, 4.69) is 0 Å². The highest BCUT2D eigenvalue weighted by Gasteiger charge is 2.77. The highest BCUT2D eigenvalue weighted by Crippen LogP contribution is 2.79. The average Bonchev–Trinajstić information content (AvgIpc) is 1.23. The number of hydrogen-bond acceptors (Lipinski definition) is 4. The Bertz CT molecular complexity index is 5850. The largest absolute Gasteiger partial charge is 0.356 e. The molecule has 0 bridgehead atoms. The van der Waals surface area contributed by atoms with Gasteiger partial charge in [0, 0.05) is 22.3 Å². The third-order valence-electron chi connectivity index (χ3n) is 21.9. The second-order valence-corrected chi connectivity index (χ2v) is 37.4. The minimum absolute atomic E-state index is 0.0760. The van der Waals surface area contributed by atoms with Gasteiger partial charge in [0.05, 0.1) is 0 Å². The summed E-state index contributed by atoms with van der Waals surface area (Å²) in [6.07, 6.45) is 0. The summed E-state index contributed by atoms with van der Waals surface area (Å²) in [7, 11) is -12.4. The maximum atomic E-state index is 17.0. The summed E-state index contributed by atoms with van der Waals surface area (Å²) in [5.74, 6) is -109. The van der Waals surface area contributed by atoms with Gasteiger partial charge < -0.3 is 18.1 Å². The van der Waals surface area contributed by atoms with E-state index in [-0.39, 0.29) is 43.8 Å². The van der Waals surface area contributed by atoms with Gasteiger partial charge in [0.2, 0.25) is 15.2 Å². The Balaban J connectivity index is 0.000000190. The van der Waals surface area contributed by atoms with Crippen molar-refractivity contribution in [3.63, 3.8) is 0 Å². The summed E-state index contributed by atoms with van der Waals surface area (Å²) in [5.41, 5.74) is -17.2. The highest BCUT2D eigenvalue weighted by molar-refractivity contribution is 8.09. The molecule has 0 aliphatic carbocycles. The van der Waals surface area contributed by atoms with Crippen LogP contribution in [0.15, 0.2) is 146 Å². The molecule has 0 unspecified atom stereocenters. The van der Waals surface area contributed by atoms with Crippen molar-refractivity contribution in [2.75, 3.05) is 0 Å². The SMILES string of the molecule is CC(C)(C)[P+]1([B-](c2c(F)c(F)c(F)c(F)c2F)(c2c(F)c(F)c(F)c(F)c2F)c2c(F)c(F)c(F)c(F)c2F)Oc2ccc3ccccc3c2-c2c(ccc3ccccc23)O1.CC(C)(C)[P+]1([B-](c2c(F)c(F)c(F)c(F)c2F)(c2c(F)c(F)c(F)c(F)c2F)c2c(F)c(F)c(F)c(F)c2F)Oc2ccc3ccccc3c2-c2c(ccc3ccccc23)O1. The molecule has 4 nitrogen and oxygen atoms in total. The van der Waals surface area contributed by atoms with E-state index in [9.17, 15) is 26.3 Å². The molecule has 0 N–H and O–H groups in total. The zero-order valence-electron chi connectivity index (χ0n) is 61.9. The Morgan fingerprint density at radius 2 is 0.311 bits per heavy atom. The molecule has 122 heavy (non-hydrogen) atoms. The molecule has 16 rings (SSSR count). The van der Waals surface area contributed by atoms with Crippen LogP contribution in [0.25, 0.3) is 65.3 Å². The Hall–Kier alpha value is -11.8. The molecule has 0 spiro atoms. The van der Waals surface area contributed by atoms with Crippen molar-refractivity contribution in [2.45, 2.75) is 51.9 Å². The molecule has 38 heteroatoms. The lowest BCUT2D eigenvalue weighted by Gasteiger charge is -2.53. The van der Waals surface area contributed by atoms with Gasteiger partial charge in [0.25, 0.3) is 0 Å². The number of hydrogen-bond donors (Lipinski definition) is 0. The minimum Gasteiger partial charge on any atom is -0.356 e. The van der Waals surface area contributed by atoms with Crippen LogP contribution in [0.5, 0.6) is 23.0 Å². The molecule has 0 amide bonds. The van der Waals surface area contributed by atoms with Gasteiger partial charge in [-0.05, 0) is 109 Å². The van der Waals surface area contributed by atoms with Crippen molar-refractivity contribution >= 4 is 103 Å². The van der Waals surface area contributed by atoms with Gasteiger partial charge in [0.15, 0.2) is 128 Å². The molecule has 0 fully saturated rings. The average molecular weight is 1770 g/mol. The third kappa shape index (κ3) is 11.5. The Labute approximate surface area is 667 Å². The fourth-order valence-corrected chi connectivity index (χ4v) is 26.1. The molecule has 628 valence electrons. The fraction of sp³-hybridized carbons (Fsp3) is 0.0952. The van der Waals surface area contributed by atoms with Crippen LogP contribution in [-0.4, -0.2) is 22.0 Å². The summed E-state index contributed by atoms with van der Waals surface area (Å²) in [5, 5.41) is -2.58. The molecule has 2 aliphatic rings. The summed E-state index contributed by atoms with van der Waals surface area (Å²) in [6.45, 7) is 5.38. The van der Waals surface area contributed by atoms with Crippen LogP contribution in [0.3, 0.4) is 0 Å². The smallest absolute Gasteiger partial charge is 0.346 e. The van der Waals surface area contributed by atoms with Gasteiger partial charge in [-0.15, -0.1) is 0 Å². The second-order valence-electron chi connectivity index (χ2n) is 30.1. The Kier molecular flexibility index (Phi) is 20.6. The topological polar surface area (TPSA) is 36.9 Å². The summed E-state index contributed by atoms with van der Waals surface area (Å²) < 4.78 is 508. The molecule has 0 saturated carbocycles. The maximum absolute atomic E-state index is 17.0. The zero-order valence-corrected chi connectivity index (χ0v) is 63.7. The number of rotatable bonds is 8. The minimum atomic E-state index is -6.35. The standard InChI is InChI=1S/2C42H21BF15O2P/c2*1-42(2,3)61(59-20-14-12-16-8-4-6-10-18(16)22(20)23-19-11-7-5-9-17(19)13-15-21(23)60-61)43(24-27(44)33(50)39(56)34(51)28(24)45,25-29(46)35(52)40(57)36(53)30(25)47)26-31(48)37(54)41(58)38(55)32(26)49/h2*4-15H,1-3H3. The van der Waals surface area contributed by atoms with Crippen molar-refractivity contribution in [3.8, 4) is 45.3 Å². The third-order valence-corrected chi connectivity index (χ3v) is 31.1. The Morgan fingerprint density at radius 1 is 0.180 bits per heavy atom. The molecule has 0 aromatic heterocycles. The van der Waals surface area contributed by atoms with Crippen molar-refractivity contribution in [3.05, 3.63) is 320 Å². The molecule has 0 saturated heterocycles. The van der Waals surface area contributed by atoms with E-state index in [0.717, 1.165) is 65.8 Å². The molecule has 2 heterocycles. The molecule has 14 aromatic carbocycles. The van der Waals surface area contributed by atoms with Crippen molar-refractivity contribution in [1.29, 1.82) is 0 Å².